The van der Waals surface area contributed by atoms with Gasteiger partial charge in [0, 0.05) is 50.0 Å². The zero-order valence-corrected chi connectivity index (χ0v) is 9.87. The average Bonchev–Trinajstić information content (AvgIpc) is 2.20. The van der Waals surface area contributed by atoms with Crippen LogP contribution in [0, 0.1) is 0 Å². The largest absolute Gasteiger partial charge is 0.355 e. The van der Waals surface area contributed by atoms with E-state index >= 15 is 0 Å². The van der Waals surface area contributed by atoms with Crippen molar-refractivity contribution in [3.8, 4) is 0 Å². The lowest BCUT2D eigenvalue weighted by molar-refractivity contribution is -0.120. The maximum atomic E-state index is 11.1. The Balaban J connectivity index is 1.99. The van der Waals surface area contributed by atoms with Crippen LogP contribution >= 0.6 is 23.4 Å². The quantitative estimate of drug-likeness (QED) is 0.717. The molecule has 1 rings (SSSR count). The zero-order valence-electron chi connectivity index (χ0n) is 8.30. The minimum Gasteiger partial charge on any atom is -0.355 e. The van der Waals surface area contributed by atoms with E-state index in [2.05, 4.69) is 10.2 Å². The maximum absolute atomic E-state index is 11.1. The van der Waals surface area contributed by atoms with Gasteiger partial charge in [-0.25, -0.2) is 0 Å². The van der Waals surface area contributed by atoms with Crippen molar-refractivity contribution < 1.29 is 4.79 Å². The summed E-state index contributed by atoms with van der Waals surface area (Å²) in [5.41, 5.74) is 0. The molecule has 1 aliphatic rings. The van der Waals surface area contributed by atoms with Gasteiger partial charge in [0.05, 0.1) is 0 Å². The van der Waals surface area contributed by atoms with Gasteiger partial charge in [0.15, 0.2) is 0 Å². The average molecular weight is 237 g/mol. The summed E-state index contributed by atoms with van der Waals surface area (Å²) in [6.07, 6.45) is 0.428. The fourth-order valence-corrected chi connectivity index (χ4v) is 2.50. The van der Waals surface area contributed by atoms with Gasteiger partial charge in [-0.3, -0.25) is 9.69 Å². The number of nitrogens with one attached hydrogen (secondary N) is 1. The Bertz CT molecular complexity index is 174. The van der Waals surface area contributed by atoms with Crippen LogP contribution in [0.1, 0.15) is 6.42 Å². The number of alkyl halides is 1. The van der Waals surface area contributed by atoms with Crippen LogP contribution in [-0.2, 0) is 4.79 Å². The smallest absolute Gasteiger partial charge is 0.221 e. The van der Waals surface area contributed by atoms with Gasteiger partial charge in [-0.15, -0.1) is 11.6 Å². The van der Waals surface area contributed by atoms with Gasteiger partial charge in [-0.1, -0.05) is 0 Å². The molecule has 1 heterocycles. The minimum absolute atomic E-state index is 0.0615. The molecular weight excluding hydrogens is 220 g/mol. The molecule has 0 spiro atoms. The Kier molecular flexibility index (Phi) is 6.39. The molecule has 3 nitrogen and oxygen atoms in total. The molecule has 5 heteroatoms. The number of hydrogen-bond acceptors (Lipinski definition) is 3. The number of nitrogens with zero attached hydrogens (tertiary/aromatic N) is 1. The number of carbonyl (C=O) groups excluding carboxylic acids is 1. The SMILES string of the molecule is O=C(CCCl)NCCN1CCSCC1. The van der Waals surface area contributed by atoms with E-state index in [1.165, 1.54) is 11.5 Å². The Morgan fingerprint density at radius 2 is 2.14 bits per heavy atom. The normalized spacial score (nSPS) is 18.1. The predicted octanol–water partition coefficient (Wildman–Crippen LogP) is 0.780. The lowest BCUT2D eigenvalue weighted by atomic mass is 10.4. The summed E-state index contributed by atoms with van der Waals surface area (Å²) in [6.45, 7) is 4.01. The van der Waals surface area contributed by atoms with Gasteiger partial charge < -0.3 is 5.32 Å². The summed E-state index contributed by atoms with van der Waals surface area (Å²) in [4.78, 5) is 13.5. The van der Waals surface area contributed by atoms with Crippen molar-refractivity contribution in [2.45, 2.75) is 6.42 Å². The molecule has 1 fully saturated rings. The van der Waals surface area contributed by atoms with Gasteiger partial charge in [-0.05, 0) is 0 Å². The third-order valence-corrected chi connectivity index (χ3v) is 3.31. The van der Waals surface area contributed by atoms with Crippen LogP contribution in [0.15, 0.2) is 0 Å². The van der Waals surface area contributed by atoms with Crippen molar-refractivity contribution in [2.75, 3.05) is 43.6 Å². The Hall–Kier alpha value is 0.0700. The predicted molar refractivity (Wildman–Crippen MR) is 62.1 cm³/mol. The molecule has 1 aliphatic heterocycles. The molecule has 0 saturated carbocycles. The van der Waals surface area contributed by atoms with Crippen LogP contribution in [0.2, 0.25) is 0 Å². The van der Waals surface area contributed by atoms with Gasteiger partial charge >= 0.3 is 0 Å². The fraction of sp³-hybridized carbons (Fsp3) is 0.889. The van der Waals surface area contributed by atoms with Crippen molar-refractivity contribution in [2.24, 2.45) is 0 Å². The van der Waals surface area contributed by atoms with Gasteiger partial charge in [0.25, 0.3) is 0 Å². The molecule has 0 aromatic carbocycles. The standard InChI is InChI=1S/C9H17ClN2OS/c10-2-1-9(13)11-3-4-12-5-7-14-8-6-12/h1-8H2,(H,11,13). The number of thioether (sulfide) groups is 1. The van der Waals surface area contributed by atoms with Crippen LogP contribution < -0.4 is 5.32 Å². The van der Waals surface area contributed by atoms with Crippen LogP contribution in [0.3, 0.4) is 0 Å². The van der Waals surface area contributed by atoms with Gasteiger partial charge in [0.2, 0.25) is 5.91 Å². The van der Waals surface area contributed by atoms with E-state index in [1.807, 2.05) is 11.8 Å². The molecular formula is C9H17ClN2OS. The third-order valence-electron chi connectivity index (χ3n) is 2.18. The zero-order chi connectivity index (χ0) is 10.2. The summed E-state index contributed by atoms with van der Waals surface area (Å²) >= 11 is 7.45. The van der Waals surface area contributed by atoms with Gasteiger partial charge in [-0.2, -0.15) is 11.8 Å². The monoisotopic (exact) mass is 236 g/mol. The van der Waals surface area contributed by atoms with E-state index in [0.717, 1.165) is 26.2 Å². The van der Waals surface area contributed by atoms with E-state index in [4.69, 9.17) is 11.6 Å². The van der Waals surface area contributed by atoms with Crippen LogP contribution in [0.5, 0.6) is 0 Å². The van der Waals surface area contributed by atoms with E-state index in [1.54, 1.807) is 0 Å². The first-order chi connectivity index (χ1) is 6.83. The summed E-state index contributed by atoms with van der Waals surface area (Å²) in [5.74, 6) is 2.91. The first kappa shape index (κ1) is 12.1. The minimum atomic E-state index is 0.0615. The van der Waals surface area contributed by atoms with Crippen LogP contribution in [0.25, 0.3) is 0 Å². The third kappa shape index (κ3) is 5.08. The Labute approximate surface area is 94.6 Å². The number of hydrogen-bond donors (Lipinski definition) is 1. The molecule has 0 bridgehead atoms. The molecule has 1 N–H and O–H groups in total. The second kappa shape index (κ2) is 7.37. The van der Waals surface area contributed by atoms with E-state index in [-0.39, 0.29) is 5.91 Å². The molecule has 0 atom stereocenters. The molecule has 0 aromatic rings. The Morgan fingerprint density at radius 1 is 1.43 bits per heavy atom. The fourth-order valence-electron chi connectivity index (χ4n) is 1.35. The highest BCUT2D eigenvalue weighted by molar-refractivity contribution is 7.99. The van der Waals surface area contributed by atoms with Crippen molar-refractivity contribution in [1.82, 2.24) is 10.2 Å². The molecule has 82 valence electrons. The Morgan fingerprint density at radius 3 is 2.79 bits per heavy atom. The van der Waals surface area contributed by atoms with Crippen molar-refractivity contribution in [1.29, 1.82) is 0 Å². The first-order valence-corrected chi connectivity index (χ1v) is 6.64. The second-order valence-corrected chi connectivity index (χ2v) is 4.85. The van der Waals surface area contributed by atoms with Crippen molar-refractivity contribution in [3.63, 3.8) is 0 Å². The summed E-state index contributed by atoms with van der Waals surface area (Å²) in [5, 5.41) is 2.86. The number of rotatable bonds is 5. The molecule has 14 heavy (non-hydrogen) atoms. The second-order valence-electron chi connectivity index (χ2n) is 3.24. The van der Waals surface area contributed by atoms with Crippen molar-refractivity contribution in [3.05, 3.63) is 0 Å². The highest BCUT2D eigenvalue weighted by atomic mass is 35.5. The molecule has 1 amide bonds. The van der Waals surface area contributed by atoms with E-state index in [0.29, 0.717) is 12.3 Å². The summed E-state index contributed by atoms with van der Waals surface area (Å²) < 4.78 is 0. The number of amides is 1. The molecule has 0 unspecified atom stereocenters. The number of halogens is 1. The van der Waals surface area contributed by atoms with Gasteiger partial charge in [0.1, 0.15) is 0 Å². The molecule has 1 saturated heterocycles. The lowest BCUT2D eigenvalue weighted by Gasteiger charge is -2.25. The lowest BCUT2D eigenvalue weighted by Crippen LogP contribution is -2.39. The first-order valence-electron chi connectivity index (χ1n) is 4.95. The van der Waals surface area contributed by atoms with Crippen LogP contribution in [-0.4, -0.2) is 54.4 Å². The topological polar surface area (TPSA) is 32.3 Å². The molecule has 0 aliphatic carbocycles. The highest BCUT2D eigenvalue weighted by Crippen LogP contribution is 2.07. The summed E-state index contributed by atoms with van der Waals surface area (Å²) in [7, 11) is 0. The van der Waals surface area contributed by atoms with Crippen molar-refractivity contribution >= 4 is 29.3 Å². The highest BCUT2D eigenvalue weighted by Gasteiger charge is 2.09. The van der Waals surface area contributed by atoms with E-state index < -0.39 is 0 Å². The number of carbonyl (C=O) groups is 1. The molecule has 0 aromatic heterocycles. The summed E-state index contributed by atoms with van der Waals surface area (Å²) in [6, 6.07) is 0. The van der Waals surface area contributed by atoms with E-state index in [9.17, 15) is 4.79 Å². The van der Waals surface area contributed by atoms with Crippen LogP contribution in [0.4, 0.5) is 0 Å². The molecule has 0 radical (unpaired) electrons. The maximum Gasteiger partial charge on any atom is 0.221 e.